The van der Waals surface area contributed by atoms with E-state index in [2.05, 4.69) is 13.8 Å². The highest BCUT2D eigenvalue weighted by atomic mass is 32.2. The molecule has 1 aliphatic rings. The Kier molecular flexibility index (Phi) is 17.1. The summed E-state index contributed by atoms with van der Waals surface area (Å²) in [6, 6.07) is 11.0. The van der Waals surface area contributed by atoms with Gasteiger partial charge in [-0.25, -0.2) is 0 Å². The predicted molar refractivity (Wildman–Crippen MR) is 207 cm³/mol. The van der Waals surface area contributed by atoms with Gasteiger partial charge in [0.15, 0.2) is 28.8 Å². The van der Waals surface area contributed by atoms with E-state index in [1.807, 2.05) is 24.5 Å². The van der Waals surface area contributed by atoms with Crippen molar-refractivity contribution in [1.82, 2.24) is 0 Å². The number of benzene rings is 3. The van der Waals surface area contributed by atoms with E-state index < -0.39 is 45.5 Å². The molecule has 0 saturated carbocycles. The lowest BCUT2D eigenvalue weighted by molar-refractivity contribution is -0.138. The third kappa shape index (κ3) is 12.8. The number of unbranched alkanes of at least 4 members (excludes halogenated alkanes) is 5. The minimum absolute atomic E-state index is 0.134. The fourth-order valence-corrected chi connectivity index (χ4v) is 6.98. The standard InChI is InChI=1S/C18H28O3S.C15H10O7.C5H11NO2S/c1-3-4-5-6-7-8-11-22(19)15(2)12-16-9-10-17-18(13-16)21-14-20-17;16-7-4-10(19)12-11(5-7)22-15(14(21)13(12)20)6-1-2-8(17)9(18)3-6;1-9-3-2-4(6)5(7)8/h9-10,13,15H,3-8,11-12,14H2,1-2H3;1-5,16-19,21H;4H,2-3,6H2,1H3,(H,7,8)/t;;4-/m..0/s1. The van der Waals surface area contributed by atoms with E-state index in [9.17, 15) is 39.3 Å². The summed E-state index contributed by atoms with van der Waals surface area (Å²) in [6.45, 7) is 4.61. The normalized spacial score (nSPS) is 13.3. The fourth-order valence-electron chi connectivity index (χ4n) is 5.22. The van der Waals surface area contributed by atoms with Crippen molar-refractivity contribution in [1.29, 1.82) is 0 Å². The van der Waals surface area contributed by atoms with Gasteiger partial charge in [0, 0.05) is 39.5 Å². The van der Waals surface area contributed by atoms with Crippen molar-refractivity contribution in [2.24, 2.45) is 5.73 Å². The number of carboxylic acids is 1. The van der Waals surface area contributed by atoms with Crippen LogP contribution in [0.5, 0.6) is 40.2 Å². The van der Waals surface area contributed by atoms with E-state index in [0.29, 0.717) is 13.2 Å². The molecule has 8 N–H and O–H groups in total. The first-order valence-electron chi connectivity index (χ1n) is 17.2. The molecule has 1 aliphatic heterocycles. The third-order valence-corrected chi connectivity index (χ3v) is 10.6. The average molecular weight is 776 g/mol. The largest absolute Gasteiger partial charge is 0.508 e. The summed E-state index contributed by atoms with van der Waals surface area (Å²) in [4.78, 5) is 22.2. The van der Waals surface area contributed by atoms with Gasteiger partial charge >= 0.3 is 5.97 Å². The molecule has 3 aromatic carbocycles. The zero-order chi connectivity index (χ0) is 39.1. The Morgan fingerprint density at radius 3 is 2.28 bits per heavy atom. The number of rotatable bonds is 15. The Hall–Kier alpha value is -4.60. The first-order chi connectivity index (χ1) is 25.3. The molecular formula is C38H49NO12S2. The monoisotopic (exact) mass is 775 g/mol. The third-order valence-electron chi connectivity index (χ3n) is 8.23. The van der Waals surface area contributed by atoms with Gasteiger partial charge < -0.3 is 50.3 Å². The van der Waals surface area contributed by atoms with Crippen molar-refractivity contribution in [2.75, 3.05) is 24.6 Å². The van der Waals surface area contributed by atoms with Crippen LogP contribution in [0.15, 0.2) is 57.7 Å². The van der Waals surface area contributed by atoms with Gasteiger partial charge in [0.1, 0.15) is 28.5 Å². The smallest absolute Gasteiger partial charge is 0.320 e. The van der Waals surface area contributed by atoms with Crippen molar-refractivity contribution in [2.45, 2.75) is 76.5 Å². The molecule has 5 rings (SSSR count). The number of ether oxygens (including phenoxy) is 2. The number of aliphatic carboxylic acids is 1. The van der Waals surface area contributed by atoms with Crippen molar-refractivity contribution < 1.29 is 53.5 Å². The molecule has 15 heteroatoms. The SMILES string of the molecule is CCCCCCCCS(=O)C(C)Cc1ccc2c(c1)OCO2.CSCC[C@H](N)C(=O)O.O=c1c(O)c(-c2ccc(O)c(O)c2)oc2cc(O)cc(O)c12. The number of phenols is 4. The molecule has 3 atom stereocenters. The van der Waals surface area contributed by atoms with Crippen LogP contribution in [0.25, 0.3) is 22.3 Å². The van der Waals surface area contributed by atoms with Crippen molar-refractivity contribution >= 4 is 39.5 Å². The van der Waals surface area contributed by atoms with E-state index in [0.717, 1.165) is 60.1 Å². The molecule has 0 spiro atoms. The van der Waals surface area contributed by atoms with E-state index >= 15 is 0 Å². The number of aromatic hydroxyl groups is 5. The first kappa shape index (κ1) is 42.8. The lowest BCUT2D eigenvalue weighted by Crippen LogP contribution is -2.30. The van der Waals surface area contributed by atoms with Crippen LogP contribution < -0.4 is 20.6 Å². The molecule has 290 valence electrons. The van der Waals surface area contributed by atoms with Crippen LogP contribution in [0.1, 0.15) is 64.4 Å². The molecular weight excluding hydrogens is 727 g/mol. The second kappa shape index (κ2) is 21.2. The molecule has 0 saturated heterocycles. The van der Waals surface area contributed by atoms with Gasteiger partial charge in [-0.3, -0.25) is 13.8 Å². The van der Waals surface area contributed by atoms with Crippen LogP contribution in [-0.2, 0) is 22.0 Å². The Labute approximate surface area is 314 Å². The van der Waals surface area contributed by atoms with Gasteiger partial charge in [-0.2, -0.15) is 11.8 Å². The zero-order valence-electron chi connectivity index (χ0n) is 30.1. The molecule has 0 amide bonds. The number of nitrogens with two attached hydrogens (primary N) is 1. The number of carboxylic acid groups (broad SMARTS) is 1. The highest BCUT2D eigenvalue weighted by Gasteiger charge is 2.20. The number of fused-ring (bicyclic) bond motifs is 2. The quantitative estimate of drug-likeness (QED) is 0.0499. The maximum absolute atomic E-state index is 12.3. The van der Waals surface area contributed by atoms with Gasteiger partial charge in [0.25, 0.3) is 0 Å². The summed E-state index contributed by atoms with van der Waals surface area (Å²) < 4.78 is 28.4. The molecule has 4 aromatic rings. The van der Waals surface area contributed by atoms with E-state index in [1.54, 1.807) is 11.8 Å². The second-order valence-corrected chi connectivity index (χ2v) is 15.4. The fraction of sp³-hybridized carbons (Fsp3) is 0.421. The molecule has 1 aromatic heterocycles. The summed E-state index contributed by atoms with van der Waals surface area (Å²) >= 11 is 1.60. The minimum Gasteiger partial charge on any atom is -0.508 e. The Balaban J connectivity index is 0.000000233. The van der Waals surface area contributed by atoms with Crippen molar-refractivity contribution in [3.8, 4) is 51.6 Å². The van der Waals surface area contributed by atoms with Gasteiger partial charge in [-0.1, -0.05) is 52.0 Å². The molecule has 0 bridgehead atoms. The second-order valence-electron chi connectivity index (χ2n) is 12.4. The Morgan fingerprint density at radius 1 is 0.906 bits per heavy atom. The predicted octanol–water partition coefficient (Wildman–Crippen LogP) is 6.59. The van der Waals surface area contributed by atoms with Gasteiger partial charge in [-0.05, 0) is 67.2 Å². The highest BCUT2D eigenvalue weighted by Crippen LogP contribution is 2.38. The molecule has 0 radical (unpaired) electrons. The molecule has 0 fully saturated rings. The molecule has 2 heterocycles. The average Bonchev–Trinajstić information content (AvgIpc) is 3.59. The molecule has 13 nitrogen and oxygen atoms in total. The summed E-state index contributed by atoms with van der Waals surface area (Å²) in [5.41, 5.74) is 5.47. The first-order valence-corrected chi connectivity index (χ1v) is 20.0. The number of carbonyl (C=O) groups is 1. The number of phenolic OH excluding ortho intramolecular Hbond substituents is 4. The number of hydrogen-bond acceptors (Lipinski definition) is 13. The van der Waals surface area contributed by atoms with Crippen molar-refractivity contribution in [3.63, 3.8) is 0 Å². The van der Waals surface area contributed by atoms with E-state index in [4.69, 9.17) is 24.7 Å². The van der Waals surface area contributed by atoms with E-state index in [-0.39, 0.29) is 39.0 Å². The van der Waals surface area contributed by atoms with Crippen LogP contribution in [-0.4, -0.2) is 76.7 Å². The van der Waals surface area contributed by atoms with Crippen LogP contribution in [0.2, 0.25) is 0 Å². The van der Waals surface area contributed by atoms with Crippen LogP contribution in [0, 0.1) is 0 Å². The molecule has 0 aliphatic carbocycles. The molecule has 2 unspecified atom stereocenters. The maximum atomic E-state index is 12.3. The van der Waals surface area contributed by atoms with Crippen LogP contribution in [0.4, 0.5) is 0 Å². The van der Waals surface area contributed by atoms with Crippen LogP contribution >= 0.6 is 11.8 Å². The summed E-state index contributed by atoms with van der Waals surface area (Å²) in [5.74, 6) is -0.361. The Bertz CT molecular complexity index is 1900. The van der Waals surface area contributed by atoms with Gasteiger partial charge in [0.05, 0.1) is 0 Å². The van der Waals surface area contributed by atoms with Gasteiger partial charge in [-0.15, -0.1) is 0 Å². The van der Waals surface area contributed by atoms with E-state index in [1.165, 1.54) is 43.7 Å². The summed E-state index contributed by atoms with van der Waals surface area (Å²) in [6.07, 6.45) is 10.8. The lowest BCUT2D eigenvalue weighted by atomic mass is 10.1. The van der Waals surface area contributed by atoms with Crippen molar-refractivity contribution in [3.05, 3.63) is 64.3 Å². The zero-order valence-corrected chi connectivity index (χ0v) is 31.7. The highest BCUT2D eigenvalue weighted by molar-refractivity contribution is 7.98. The molecule has 53 heavy (non-hydrogen) atoms. The lowest BCUT2D eigenvalue weighted by Gasteiger charge is -2.12. The Morgan fingerprint density at radius 2 is 1.60 bits per heavy atom. The van der Waals surface area contributed by atoms with Gasteiger partial charge in [0.2, 0.25) is 18.0 Å². The number of hydrogen-bond donors (Lipinski definition) is 7. The number of thioether (sulfide) groups is 1. The summed E-state index contributed by atoms with van der Waals surface area (Å²) in [7, 11) is -0.743. The maximum Gasteiger partial charge on any atom is 0.320 e. The topological polar surface area (TPSA) is 230 Å². The van der Waals surface area contributed by atoms with Crippen LogP contribution in [0.3, 0.4) is 0 Å². The summed E-state index contributed by atoms with van der Waals surface area (Å²) in [5, 5.41) is 56.1. The minimum atomic E-state index is -0.913.